The van der Waals surface area contributed by atoms with Gasteiger partial charge in [-0.3, -0.25) is 0 Å². The summed E-state index contributed by atoms with van der Waals surface area (Å²) in [6.07, 6.45) is 35.2. The lowest BCUT2D eigenvalue weighted by molar-refractivity contribution is 0.338. The first-order valence-corrected chi connectivity index (χ1v) is 11.8. The van der Waals surface area contributed by atoms with Gasteiger partial charge in [-0.1, -0.05) is 128 Å². The Hall–Kier alpha value is -0.720. The van der Waals surface area contributed by atoms with E-state index in [0.717, 1.165) is 0 Å². The highest BCUT2D eigenvalue weighted by Gasteiger charge is 1.94. The molecule has 154 valence electrons. The Morgan fingerprint density at radius 2 is 0.885 bits per heavy atom. The van der Waals surface area contributed by atoms with Gasteiger partial charge in [0.1, 0.15) is 0 Å². The van der Waals surface area contributed by atoms with Gasteiger partial charge in [-0.2, -0.15) is 0 Å². The van der Waals surface area contributed by atoms with Crippen molar-refractivity contribution in [3.63, 3.8) is 0 Å². The van der Waals surface area contributed by atoms with Crippen LogP contribution in [-0.2, 0) is 4.74 Å². The summed E-state index contributed by atoms with van der Waals surface area (Å²) in [6.45, 7) is 2.30. The van der Waals surface area contributed by atoms with E-state index in [4.69, 9.17) is 4.74 Å². The van der Waals surface area contributed by atoms with Gasteiger partial charge in [0, 0.05) is 0 Å². The number of hydrogen-bond donors (Lipinski definition) is 0. The normalized spacial score (nSPS) is 11.8. The molecule has 0 aromatic rings. The van der Waals surface area contributed by atoms with Crippen LogP contribution >= 0.6 is 0 Å². The first-order chi connectivity index (χ1) is 12.9. The molecule has 0 saturated carbocycles. The van der Waals surface area contributed by atoms with Crippen LogP contribution in [0.5, 0.6) is 0 Å². The zero-order chi connectivity index (χ0) is 19.0. The molecule has 0 fully saturated rings. The second kappa shape index (κ2) is 24.3. The van der Waals surface area contributed by atoms with E-state index in [1.807, 2.05) is 6.08 Å². The third kappa shape index (κ3) is 23.3. The number of rotatable bonds is 21. The predicted octanol–water partition coefficient (Wildman–Crippen LogP) is 9.13. The maximum Gasteiger partial charge on any atom is 0.0824 e. The Kier molecular flexibility index (Phi) is 23.6. The third-order valence-electron chi connectivity index (χ3n) is 5.19. The molecule has 0 spiro atoms. The predicted molar refractivity (Wildman–Crippen MR) is 119 cm³/mol. The Bertz CT molecular complexity index is 293. The fourth-order valence-corrected chi connectivity index (χ4v) is 3.46. The van der Waals surface area contributed by atoms with Crippen LogP contribution in [0.3, 0.4) is 0 Å². The van der Waals surface area contributed by atoms with Crippen LogP contribution in [0.25, 0.3) is 0 Å². The van der Waals surface area contributed by atoms with E-state index in [0.29, 0.717) is 0 Å². The summed E-state index contributed by atoms with van der Waals surface area (Å²) in [6, 6.07) is 0. The zero-order valence-corrected chi connectivity index (χ0v) is 18.2. The van der Waals surface area contributed by atoms with Crippen molar-refractivity contribution in [2.75, 3.05) is 7.11 Å². The van der Waals surface area contributed by atoms with Crippen molar-refractivity contribution in [3.8, 4) is 0 Å². The van der Waals surface area contributed by atoms with Crippen molar-refractivity contribution in [2.24, 2.45) is 0 Å². The van der Waals surface area contributed by atoms with Crippen LogP contribution in [0.1, 0.15) is 129 Å². The van der Waals surface area contributed by atoms with Gasteiger partial charge < -0.3 is 4.74 Å². The van der Waals surface area contributed by atoms with Crippen molar-refractivity contribution in [1.29, 1.82) is 0 Å². The number of ether oxygens (including phenoxy) is 1. The highest BCUT2D eigenvalue weighted by molar-refractivity contribution is 4.99. The maximum absolute atomic E-state index is 4.85. The SMILES string of the molecule is CCCCCCCCCCCCCCCCCCCCC=CC=COC. The molecule has 26 heavy (non-hydrogen) atoms. The lowest BCUT2D eigenvalue weighted by atomic mass is 10.0. The molecule has 0 heterocycles. The van der Waals surface area contributed by atoms with Gasteiger partial charge in [0.05, 0.1) is 13.4 Å². The van der Waals surface area contributed by atoms with Crippen LogP contribution in [-0.4, -0.2) is 7.11 Å². The van der Waals surface area contributed by atoms with Crippen molar-refractivity contribution in [3.05, 3.63) is 24.5 Å². The lowest BCUT2D eigenvalue weighted by Crippen LogP contribution is -1.84. The molecule has 0 bridgehead atoms. The number of unbranched alkanes of at least 4 members (excludes halogenated alkanes) is 18. The van der Waals surface area contributed by atoms with Crippen molar-refractivity contribution >= 4 is 0 Å². The van der Waals surface area contributed by atoms with E-state index in [-0.39, 0.29) is 0 Å². The first kappa shape index (κ1) is 25.3. The Morgan fingerprint density at radius 1 is 0.500 bits per heavy atom. The molecule has 0 N–H and O–H groups in total. The molecule has 0 aliphatic carbocycles. The first-order valence-electron chi connectivity index (χ1n) is 11.8. The zero-order valence-electron chi connectivity index (χ0n) is 18.2. The summed E-state index contributed by atoms with van der Waals surface area (Å²) in [5.74, 6) is 0. The van der Waals surface area contributed by atoms with Crippen molar-refractivity contribution in [2.45, 2.75) is 129 Å². The van der Waals surface area contributed by atoms with Gasteiger partial charge in [0.15, 0.2) is 0 Å². The molecule has 0 radical (unpaired) electrons. The molecular formula is C25H48O. The van der Waals surface area contributed by atoms with E-state index >= 15 is 0 Å². The summed E-state index contributed by atoms with van der Waals surface area (Å²) in [5, 5.41) is 0. The molecule has 0 aromatic heterocycles. The van der Waals surface area contributed by atoms with E-state index < -0.39 is 0 Å². The molecular weight excluding hydrogens is 316 g/mol. The molecule has 0 unspecified atom stereocenters. The second-order valence-electron chi connectivity index (χ2n) is 7.79. The molecule has 0 aliphatic rings. The summed E-state index contributed by atoms with van der Waals surface area (Å²) in [7, 11) is 1.68. The van der Waals surface area contributed by atoms with Crippen LogP contribution in [0.4, 0.5) is 0 Å². The van der Waals surface area contributed by atoms with Crippen LogP contribution < -0.4 is 0 Å². The molecule has 0 atom stereocenters. The summed E-state index contributed by atoms with van der Waals surface area (Å²) < 4.78 is 4.85. The molecule has 0 rings (SSSR count). The largest absolute Gasteiger partial charge is 0.504 e. The highest BCUT2D eigenvalue weighted by Crippen LogP contribution is 2.14. The van der Waals surface area contributed by atoms with E-state index in [9.17, 15) is 0 Å². The fraction of sp³-hybridized carbons (Fsp3) is 0.840. The Morgan fingerprint density at radius 3 is 1.27 bits per heavy atom. The van der Waals surface area contributed by atoms with Gasteiger partial charge in [-0.05, 0) is 18.9 Å². The molecule has 0 amide bonds. The molecule has 0 aliphatic heterocycles. The third-order valence-corrected chi connectivity index (χ3v) is 5.19. The quantitative estimate of drug-likeness (QED) is 0.112. The van der Waals surface area contributed by atoms with Gasteiger partial charge in [0.2, 0.25) is 0 Å². The maximum atomic E-state index is 4.85. The van der Waals surface area contributed by atoms with E-state index in [1.54, 1.807) is 13.4 Å². The standard InChI is InChI=1S/C25H48O/c1-3-4-5-6-7-8-9-10-11-12-13-14-15-16-17-18-19-20-21-22-23-24-25-26-2/h22-25H,3-21H2,1-2H3. The monoisotopic (exact) mass is 364 g/mol. The highest BCUT2D eigenvalue weighted by atomic mass is 16.5. The van der Waals surface area contributed by atoms with Crippen LogP contribution in [0.2, 0.25) is 0 Å². The number of methoxy groups -OCH3 is 1. The van der Waals surface area contributed by atoms with Crippen molar-refractivity contribution < 1.29 is 4.74 Å². The fourth-order valence-electron chi connectivity index (χ4n) is 3.46. The smallest absolute Gasteiger partial charge is 0.0824 e. The lowest BCUT2D eigenvalue weighted by Gasteiger charge is -2.03. The summed E-state index contributed by atoms with van der Waals surface area (Å²) in [4.78, 5) is 0. The Balaban J connectivity index is 3.03. The van der Waals surface area contributed by atoms with Gasteiger partial charge in [0.25, 0.3) is 0 Å². The minimum atomic E-state index is 1.20. The summed E-state index contributed by atoms with van der Waals surface area (Å²) >= 11 is 0. The minimum absolute atomic E-state index is 1.20. The number of hydrogen-bond acceptors (Lipinski definition) is 1. The molecule has 0 aromatic carbocycles. The van der Waals surface area contributed by atoms with Gasteiger partial charge in [-0.25, -0.2) is 0 Å². The Labute approximate surface area is 165 Å². The average Bonchev–Trinajstić information content (AvgIpc) is 2.66. The van der Waals surface area contributed by atoms with Crippen LogP contribution in [0, 0.1) is 0 Å². The summed E-state index contributed by atoms with van der Waals surface area (Å²) in [5.41, 5.74) is 0. The average molecular weight is 365 g/mol. The number of allylic oxidation sites excluding steroid dienone is 3. The van der Waals surface area contributed by atoms with E-state index in [2.05, 4.69) is 19.1 Å². The topological polar surface area (TPSA) is 9.23 Å². The molecule has 1 nitrogen and oxygen atoms in total. The molecule has 0 saturated heterocycles. The molecule has 1 heteroatoms. The van der Waals surface area contributed by atoms with E-state index in [1.165, 1.54) is 122 Å². The van der Waals surface area contributed by atoms with Gasteiger partial charge in [-0.15, -0.1) is 0 Å². The van der Waals surface area contributed by atoms with Gasteiger partial charge >= 0.3 is 0 Å². The second-order valence-corrected chi connectivity index (χ2v) is 7.79. The minimum Gasteiger partial charge on any atom is -0.504 e. The van der Waals surface area contributed by atoms with Crippen molar-refractivity contribution in [1.82, 2.24) is 0 Å². The van der Waals surface area contributed by atoms with Crippen LogP contribution in [0.15, 0.2) is 24.5 Å².